The van der Waals surface area contributed by atoms with Gasteiger partial charge in [-0.2, -0.15) is 0 Å². The van der Waals surface area contributed by atoms with Gasteiger partial charge < -0.3 is 16.4 Å². The number of halogens is 1. The van der Waals surface area contributed by atoms with E-state index in [-0.39, 0.29) is 30.5 Å². The first-order valence-electron chi connectivity index (χ1n) is 7.03. The SMILES string of the molecule is CCC(C)C(N)C(=O)NCCNC(=O)c1ccccc1F. The molecule has 0 fully saturated rings. The molecule has 1 aromatic carbocycles. The van der Waals surface area contributed by atoms with Gasteiger partial charge in [0.2, 0.25) is 5.91 Å². The number of hydrogen-bond acceptors (Lipinski definition) is 3. The first-order valence-corrected chi connectivity index (χ1v) is 7.03. The highest BCUT2D eigenvalue weighted by Gasteiger charge is 2.18. The zero-order chi connectivity index (χ0) is 15.8. The van der Waals surface area contributed by atoms with E-state index in [0.29, 0.717) is 0 Å². The van der Waals surface area contributed by atoms with Crippen molar-refractivity contribution in [2.75, 3.05) is 13.1 Å². The first-order chi connectivity index (χ1) is 9.97. The Balaban J connectivity index is 2.33. The van der Waals surface area contributed by atoms with E-state index in [9.17, 15) is 14.0 Å². The smallest absolute Gasteiger partial charge is 0.254 e. The second kappa shape index (κ2) is 8.36. The average Bonchev–Trinajstić information content (AvgIpc) is 2.49. The molecule has 21 heavy (non-hydrogen) atoms. The van der Waals surface area contributed by atoms with Crippen molar-refractivity contribution in [1.82, 2.24) is 10.6 Å². The molecule has 1 aromatic rings. The Kier molecular flexibility index (Phi) is 6.81. The molecule has 0 radical (unpaired) electrons. The van der Waals surface area contributed by atoms with Crippen molar-refractivity contribution in [3.05, 3.63) is 35.6 Å². The molecule has 6 heteroatoms. The van der Waals surface area contributed by atoms with Crippen LogP contribution in [-0.2, 0) is 4.79 Å². The molecule has 0 bridgehead atoms. The Morgan fingerprint density at radius 3 is 2.48 bits per heavy atom. The number of nitrogens with two attached hydrogens (primary N) is 1. The van der Waals surface area contributed by atoms with Crippen LogP contribution in [-0.4, -0.2) is 30.9 Å². The summed E-state index contributed by atoms with van der Waals surface area (Å²) < 4.78 is 13.4. The quantitative estimate of drug-likeness (QED) is 0.657. The maximum atomic E-state index is 13.4. The predicted molar refractivity (Wildman–Crippen MR) is 79.2 cm³/mol. The topological polar surface area (TPSA) is 84.2 Å². The molecule has 2 atom stereocenters. The normalized spacial score (nSPS) is 13.3. The maximum absolute atomic E-state index is 13.4. The highest BCUT2D eigenvalue weighted by atomic mass is 19.1. The third-order valence-corrected chi connectivity index (χ3v) is 3.39. The number of amides is 2. The molecule has 0 saturated heterocycles. The lowest BCUT2D eigenvalue weighted by Crippen LogP contribution is -2.46. The van der Waals surface area contributed by atoms with Crippen molar-refractivity contribution in [2.45, 2.75) is 26.3 Å². The summed E-state index contributed by atoms with van der Waals surface area (Å²) in [6.45, 7) is 4.34. The Labute approximate surface area is 124 Å². The van der Waals surface area contributed by atoms with Crippen molar-refractivity contribution in [3.8, 4) is 0 Å². The van der Waals surface area contributed by atoms with Crippen molar-refractivity contribution >= 4 is 11.8 Å². The van der Waals surface area contributed by atoms with Gasteiger partial charge in [0.05, 0.1) is 11.6 Å². The molecule has 0 aliphatic heterocycles. The minimum atomic E-state index is -0.571. The van der Waals surface area contributed by atoms with Crippen molar-refractivity contribution in [1.29, 1.82) is 0 Å². The van der Waals surface area contributed by atoms with Crippen LogP contribution in [0.15, 0.2) is 24.3 Å². The van der Waals surface area contributed by atoms with Gasteiger partial charge >= 0.3 is 0 Å². The second-order valence-electron chi connectivity index (χ2n) is 4.94. The fraction of sp³-hybridized carbons (Fsp3) is 0.467. The van der Waals surface area contributed by atoms with Gasteiger partial charge in [0.15, 0.2) is 0 Å². The number of carbonyl (C=O) groups excluding carboxylic acids is 2. The Bertz CT molecular complexity index is 494. The lowest BCUT2D eigenvalue weighted by molar-refractivity contribution is -0.123. The fourth-order valence-electron chi connectivity index (χ4n) is 1.73. The van der Waals surface area contributed by atoms with Crippen molar-refractivity contribution < 1.29 is 14.0 Å². The minimum absolute atomic E-state index is 0.0138. The van der Waals surface area contributed by atoms with E-state index >= 15 is 0 Å². The molecule has 0 heterocycles. The molecular weight excluding hydrogens is 273 g/mol. The third kappa shape index (κ3) is 5.15. The van der Waals surface area contributed by atoms with Crippen LogP contribution in [0.25, 0.3) is 0 Å². The predicted octanol–water partition coefficient (Wildman–Crippen LogP) is 1.05. The molecule has 2 unspecified atom stereocenters. The largest absolute Gasteiger partial charge is 0.353 e. The van der Waals surface area contributed by atoms with E-state index in [2.05, 4.69) is 10.6 Å². The molecule has 2 amide bonds. The fourth-order valence-corrected chi connectivity index (χ4v) is 1.73. The van der Waals surface area contributed by atoms with Gasteiger partial charge in [-0.1, -0.05) is 32.4 Å². The molecule has 5 nitrogen and oxygen atoms in total. The summed E-state index contributed by atoms with van der Waals surface area (Å²) in [4.78, 5) is 23.4. The van der Waals surface area contributed by atoms with Gasteiger partial charge in [0.25, 0.3) is 5.91 Å². The van der Waals surface area contributed by atoms with Crippen molar-refractivity contribution in [2.24, 2.45) is 11.7 Å². The van der Waals surface area contributed by atoms with Crippen molar-refractivity contribution in [3.63, 3.8) is 0 Å². The van der Waals surface area contributed by atoms with Crippen LogP contribution in [0.5, 0.6) is 0 Å². The van der Waals surface area contributed by atoms with E-state index in [1.165, 1.54) is 18.2 Å². The third-order valence-electron chi connectivity index (χ3n) is 3.39. The van der Waals surface area contributed by atoms with Crippen LogP contribution >= 0.6 is 0 Å². The maximum Gasteiger partial charge on any atom is 0.254 e. The molecule has 0 saturated carbocycles. The zero-order valence-electron chi connectivity index (χ0n) is 12.4. The van der Waals surface area contributed by atoms with Gasteiger partial charge in [0, 0.05) is 13.1 Å². The minimum Gasteiger partial charge on any atom is -0.353 e. The Hall–Kier alpha value is -1.95. The van der Waals surface area contributed by atoms with Crippen LogP contribution in [0.3, 0.4) is 0 Å². The Morgan fingerprint density at radius 2 is 1.86 bits per heavy atom. The highest BCUT2D eigenvalue weighted by molar-refractivity contribution is 5.94. The van der Waals surface area contributed by atoms with Crippen LogP contribution < -0.4 is 16.4 Å². The molecule has 0 aliphatic carbocycles. The van der Waals surface area contributed by atoms with Crippen LogP contribution in [0.2, 0.25) is 0 Å². The summed E-state index contributed by atoms with van der Waals surface area (Å²) >= 11 is 0. The van der Waals surface area contributed by atoms with Gasteiger partial charge in [-0.05, 0) is 18.1 Å². The van der Waals surface area contributed by atoms with E-state index in [1.54, 1.807) is 6.07 Å². The second-order valence-corrected chi connectivity index (χ2v) is 4.94. The zero-order valence-corrected chi connectivity index (χ0v) is 12.4. The summed E-state index contributed by atoms with van der Waals surface area (Å²) in [6.07, 6.45) is 0.818. The molecule has 0 spiro atoms. The van der Waals surface area contributed by atoms with Crippen LogP contribution in [0.4, 0.5) is 4.39 Å². The number of benzene rings is 1. The lowest BCUT2D eigenvalue weighted by atomic mass is 9.99. The van der Waals surface area contributed by atoms with Gasteiger partial charge in [-0.3, -0.25) is 9.59 Å². The van der Waals surface area contributed by atoms with E-state index in [0.717, 1.165) is 6.42 Å². The number of rotatable bonds is 7. The first kappa shape index (κ1) is 17.1. The summed E-state index contributed by atoms with van der Waals surface area (Å²) in [6, 6.07) is 5.18. The molecule has 116 valence electrons. The lowest BCUT2D eigenvalue weighted by Gasteiger charge is -2.17. The summed E-state index contributed by atoms with van der Waals surface area (Å²) in [5.74, 6) is -1.23. The number of carbonyl (C=O) groups is 2. The molecule has 0 aromatic heterocycles. The Morgan fingerprint density at radius 1 is 1.24 bits per heavy atom. The summed E-state index contributed by atoms with van der Waals surface area (Å²) in [5, 5.41) is 5.19. The number of nitrogens with one attached hydrogen (secondary N) is 2. The van der Waals surface area contributed by atoms with Gasteiger partial charge in [-0.15, -0.1) is 0 Å². The van der Waals surface area contributed by atoms with Crippen LogP contribution in [0, 0.1) is 11.7 Å². The number of hydrogen-bond donors (Lipinski definition) is 3. The van der Waals surface area contributed by atoms with E-state index in [1.807, 2.05) is 13.8 Å². The highest BCUT2D eigenvalue weighted by Crippen LogP contribution is 2.06. The average molecular weight is 295 g/mol. The van der Waals surface area contributed by atoms with Crippen LogP contribution in [0.1, 0.15) is 30.6 Å². The monoisotopic (exact) mass is 295 g/mol. The van der Waals surface area contributed by atoms with E-state index < -0.39 is 17.8 Å². The summed E-state index contributed by atoms with van der Waals surface area (Å²) in [7, 11) is 0. The van der Waals surface area contributed by atoms with Gasteiger partial charge in [0.1, 0.15) is 5.82 Å². The molecule has 1 rings (SSSR count). The standard InChI is InChI=1S/C15H22FN3O2/c1-3-10(2)13(17)15(21)19-9-8-18-14(20)11-6-4-5-7-12(11)16/h4-7,10,13H,3,8-9,17H2,1-2H3,(H,18,20)(H,19,21). The molecular formula is C15H22FN3O2. The molecule has 4 N–H and O–H groups in total. The van der Waals surface area contributed by atoms with Gasteiger partial charge in [-0.25, -0.2) is 4.39 Å². The molecule has 0 aliphatic rings. The summed E-state index contributed by atoms with van der Waals surface area (Å²) in [5.41, 5.74) is 5.76. The van der Waals surface area contributed by atoms with E-state index in [4.69, 9.17) is 5.73 Å².